The minimum atomic E-state index is -0.693. The van der Waals surface area contributed by atoms with Crippen molar-refractivity contribution >= 4 is 29.7 Å². The number of nitrogens with one attached hydrogen (secondary N) is 1. The number of phenolic OH excluding ortho intramolecular Hbond substituents is 1. The Bertz CT molecular complexity index is 2300. The van der Waals surface area contributed by atoms with E-state index in [2.05, 4.69) is 69.4 Å². The van der Waals surface area contributed by atoms with Gasteiger partial charge in [-0.3, -0.25) is 9.59 Å². The van der Waals surface area contributed by atoms with Crippen molar-refractivity contribution in [2.24, 2.45) is 29.0 Å². The van der Waals surface area contributed by atoms with Crippen molar-refractivity contribution < 1.29 is 41.3 Å². The van der Waals surface area contributed by atoms with Crippen LogP contribution in [0.2, 0.25) is 0 Å². The van der Waals surface area contributed by atoms with Gasteiger partial charge in [-0.1, -0.05) is 62.6 Å². The number of unbranched alkanes of at least 4 members (excludes halogenated alkanes) is 1. The smallest absolute Gasteiger partial charge is 0.247 e. The molecule has 4 aromatic rings. The fourth-order valence-corrected chi connectivity index (χ4v) is 8.58. The molecule has 2 saturated heterocycles. The van der Waals surface area contributed by atoms with Gasteiger partial charge in [-0.25, -0.2) is 9.36 Å². The van der Waals surface area contributed by atoms with Gasteiger partial charge in [0, 0.05) is 65.3 Å². The summed E-state index contributed by atoms with van der Waals surface area (Å²) in [6.45, 7) is 15.2. The van der Waals surface area contributed by atoms with E-state index in [0.29, 0.717) is 146 Å². The second kappa shape index (κ2) is 29.8. The largest absolute Gasteiger partial charge is 1.00 e. The molecule has 24 heteroatoms. The molecule has 2 amide bonds. The molecular formula is C49H77ClN17O6-. The topological polar surface area (TPSA) is 285 Å². The van der Waals surface area contributed by atoms with Crippen LogP contribution in [0.25, 0.3) is 0 Å². The van der Waals surface area contributed by atoms with Crippen LogP contribution in [0.5, 0.6) is 5.75 Å². The lowest BCUT2D eigenvalue weighted by atomic mass is 9.98. The lowest BCUT2D eigenvalue weighted by Crippen LogP contribution is -3.00. The molecule has 0 saturated carbocycles. The summed E-state index contributed by atoms with van der Waals surface area (Å²) in [6, 6.07) is 5.02. The molecule has 2 aliphatic rings. The van der Waals surface area contributed by atoms with Crippen molar-refractivity contribution in [1.29, 1.82) is 0 Å². The number of ether oxygens (including phenoxy) is 3. The normalized spacial score (nSPS) is 16.2. The first kappa shape index (κ1) is 58.2. The SMILES string of the molecule is C#CCOCCOCCOCCNc1nc(N2CCN(C(=O)[C@H](Cc3ccc(O)cc3)n3cc([C@@H](N)C(C)CC)nn3)CC2)nc(N2CCN(C(=O)[C@H](CCCCN)n3cc([C@@H](N)CC(C)C)nn3)CC2)n1.[Cl-]. The maximum Gasteiger partial charge on any atom is 0.247 e. The van der Waals surface area contributed by atoms with E-state index in [-0.39, 0.29) is 54.6 Å². The molecule has 0 bridgehead atoms. The van der Waals surface area contributed by atoms with Crippen LogP contribution in [0.15, 0.2) is 36.7 Å². The summed E-state index contributed by atoms with van der Waals surface area (Å²) in [5.74, 6) is 4.32. The Labute approximate surface area is 435 Å². The van der Waals surface area contributed by atoms with Gasteiger partial charge in [-0.05, 0) is 61.8 Å². The fourth-order valence-electron chi connectivity index (χ4n) is 8.58. The molecule has 8 N–H and O–H groups in total. The lowest BCUT2D eigenvalue weighted by Gasteiger charge is -2.38. The maximum atomic E-state index is 14.5. The quantitative estimate of drug-likeness (QED) is 0.0326. The summed E-state index contributed by atoms with van der Waals surface area (Å²) >= 11 is 0. The summed E-state index contributed by atoms with van der Waals surface area (Å²) in [4.78, 5) is 51.3. The number of amides is 2. The Morgan fingerprint density at radius 2 is 1.32 bits per heavy atom. The van der Waals surface area contributed by atoms with Crippen molar-refractivity contribution in [2.75, 3.05) is 120 Å². The zero-order chi connectivity index (χ0) is 51.4. The molecule has 402 valence electrons. The van der Waals surface area contributed by atoms with Crippen LogP contribution in [-0.4, -0.2) is 177 Å². The molecule has 2 fully saturated rings. The van der Waals surface area contributed by atoms with Crippen LogP contribution in [0.1, 0.15) is 101 Å². The van der Waals surface area contributed by atoms with Crippen LogP contribution >= 0.6 is 0 Å². The standard InChI is InChI=1S/C49H77N17O6.ClH/c1-6-25-70-27-29-72-30-28-71-26-16-53-47-54-48(63-21-17-61(18-22-63)45(68)42(10-8-9-15-50)65-33-40(57-59-65)39(51)31-35(3)4)56-49(55-47)64-23-19-62(20-24-64)46(69)43(32-37-11-13-38(67)14-12-37)66-34-41(58-60-66)44(52)36(5)7-2;/h1,11-14,33-36,39,42-44,67H,7-10,15-32,50-52H2,2-5H3,(H,53,54,55,56);1H/p-1/t36?,39-,42-,43-,44-;/m0./s1. The monoisotopic (exact) mass is 1030 g/mol. The van der Waals surface area contributed by atoms with E-state index in [4.69, 9.17) is 52.8 Å². The number of halogens is 1. The van der Waals surface area contributed by atoms with E-state index >= 15 is 0 Å². The first-order valence-corrected chi connectivity index (χ1v) is 25.5. The number of piperazine rings is 2. The molecule has 0 aliphatic carbocycles. The number of benzene rings is 1. The summed E-state index contributed by atoms with van der Waals surface area (Å²) < 4.78 is 19.9. The van der Waals surface area contributed by atoms with Gasteiger partial charge in [0.25, 0.3) is 0 Å². The number of carbonyl (C=O) groups is 2. The van der Waals surface area contributed by atoms with Gasteiger partial charge in [-0.2, -0.15) is 15.0 Å². The van der Waals surface area contributed by atoms with E-state index < -0.39 is 12.1 Å². The van der Waals surface area contributed by atoms with Gasteiger partial charge < -0.3 is 73.8 Å². The van der Waals surface area contributed by atoms with Crippen molar-refractivity contribution in [3.8, 4) is 18.1 Å². The zero-order valence-corrected chi connectivity index (χ0v) is 43.7. The lowest BCUT2D eigenvalue weighted by molar-refractivity contribution is -0.136. The number of phenols is 1. The number of nitrogens with two attached hydrogens (primary N) is 3. The van der Waals surface area contributed by atoms with Gasteiger partial charge >= 0.3 is 0 Å². The van der Waals surface area contributed by atoms with E-state index in [1.54, 1.807) is 39.8 Å². The molecule has 2 aliphatic heterocycles. The van der Waals surface area contributed by atoms with Crippen LogP contribution in [0, 0.1) is 24.2 Å². The Kier molecular flexibility index (Phi) is 23.8. The molecule has 3 aromatic heterocycles. The van der Waals surface area contributed by atoms with Gasteiger partial charge in [0.05, 0.1) is 68.9 Å². The van der Waals surface area contributed by atoms with E-state index in [9.17, 15) is 14.7 Å². The predicted octanol–water partition coefficient (Wildman–Crippen LogP) is -0.898. The minimum Gasteiger partial charge on any atom is -1.00 e. The Morgan fingerprint density at radius 3 is 1.89 bits per heavy atom. The maximum absolute atomic E-state index is 14.5. The first-order valence-electron chi connectivity index (χ1n) is 25.5. The zero-order valence-electron chi connectivity index (χ0n) is 43.0. The van der Waals surface area contributed by atoms with Gasteiger partial charge in [0.15, 0.2) is 0 Å². The summed E-state index contributed by atoms with van der Waals surface area (Å²) in [5.41, 5.74) is 21.0. The number of nitrogens with zero attached hydrogens (tertiary/aromatic N) is 13. The second-order valence-corrected chi connectivity index (χ2v) is 18.9. The first-order chi connectivity index (χ1) is 34.9. The molecule has 1 unspecified atom stereocenters. The van der Waals surface area contributed by atoms with Crippen molar-refractivity contribution in [3.63, 3.8) is 0 Å². The highest BCUT2D eigenvalue weighted by Crippen LogP contribution is 2.27. The molecule has 5 atom stereocenters. The average Bonchev–Trinajstić information content (AvgIpc) is 4.10. The number of hydrogen-bond acceptors (Lipinski definition) is 19. The minimum absolute atomic E-state index is 0. The number of aromatic nitrogens is 9. The summed E-state index contributed by atoms with van der Waals surface area (Å²) in [5, 5.41) is 30.8. The van der Waals surface area contributed by atoms with Crippen LogP contribution < -0.4 is 44.7 Å². The molecule has 0 spiro atoms. The van der Waals surface area contributed by atoms with E-state index in [0.717, 1.165) is 31.2 Å². The van der Waals surface area contributed by atoms with Gasteiger partial charge in [0.1, 0.15) is 24.4 Å². The average molecular weight is 1040 g/mol. The second-order valence-electron chi connectivity index (χ2n) is 18.9. The molecule has 1 aromatic carbocycles. The highest BCUT2D eigenvalue weighted by Gasteiger charge is 2.34. The van der Waals surface area contributed by atoms with Gasteiger partial charge in [-0.15, -0.1) is 16.6 Å². The highest BCUT2D eigenvalue weighted by molar-refractivity contribution is 5.81. The molecule has 23 nitrogen and oxygen atoms in total. The third kappa shape index (κ3) is 17.2. The molecule has 5 heterocycles. The number of rotatable bonds is 29. The molecule has 0 radical (unpaired) electrons. The number of carbonyl (C=O) groups excluding carboxylic acids is 2. The van der Waals surface area contributed by atoms with Crippen molar-refractivity contribution in [2.45, 2.75) is 90.4 Å². The van der Waals surface area contributed by atoms with E-state index in [1.807, 2.05) is 16.0 Å². The highest BCUT2D eigenvalue weighted by atomic mass is 35.5. The molecular weight excluding hydrogens is 958 g/mol. The van der Waals surface area contributed by atoms with Crippen LogP contribution in [0.3, 0.4) is 0 Å². The third-order valence-corrected chi connectivity index (χ3v) is 13.1. The number of hydrogen-bond donors (Lipinski definition) is 5. The Morgan fingerprint density at radius 1 is 0.767 bits per heavy atom. The van der Waals surface area contributed by atoms with Gasteiger partial charge in [0.2, 0.25) is 29.7 Å². The van der Waals surface area contributed by atoms with Crippen molar-refractivity contribution in [1.82, 2.24) is 54.7 Å². The van der Waals surface area contributed by atoms with Crippen LogP contribution in [-0.2, 0) is 30.2 Å². The Balaban J connectivity index is 0.00000988. The number of aromatic hydroxyl groups is 1. The predicted molar refractivity (Wildman–Crippen MR) is 273 cm³/mol. The van der Waals surface area contributed by atoms with Crippen molar-refractivity contribution in [3.05, 3.63) is 53.6 Å². The third-order valence-electron chi connectivity index (χ3n) is 13.1. The van der Waals surface area contributed by atoms with Crippen LogP contribution in [0.4, 0.5) is 17.8 Å². The Hall–Kier alpha value is -5.74. The number of terminal acetylenes is 1. The van der Waals surface area contributed by atoms with E-state index in [1.165, 1.54) is 0 Å². The summed E-state index contributed by atoms with van der Waals surface area (Å²) in [7, 11) is 0. The molecule has 73 heavy (non-hydrogen) atoms. The number of anilines is 3. The summed E-state index contributed by atoms with van der Waals surface area (Å²) in [6.07, 6.45) is 12.9. The fraction of sp³-hybridized carbons (Fsp3) is 0.653. The molecule has 6 rings (SSSR count).